The fraction of sp³-hybridized carbons (Fsp3) is 0.455. The van der Waals surface area contributed by atoms with Crippen molar-refractivity contribution in [3.63, 3.8) is 0 Å². The number of sulfonamides is 1. The van der Waals surface area contributed by atoms with Crippen LogP contribution in [-0.2, 0) is 10.0 Å². The number of ether oxygens (including phenoxy) is 1. The van der Waals surface area contributed by atoms with Gasteiger partial charge in [0, 0.05) is 21.1 Å². The maximum absolute atomic E-state index is 12.0. The summed E-state index contributed by atoms with van der Waals surface area (Å²) in [6.07, 6.45) is 0. The molecule has 0 fully saturated rings. The van der Waals surface area contributed by atoms with Crippen LogP contribution >= 0.6 is 0 Å². The van der Waals surface area contributed by atoms with Gasteiger partial charge in [-0.15, -0.1) is 0 Å². The van der Waals surface area contributed by atoms with Crippen molar-refractivity contribution < 1.29 is 13.2 Å². The third kappa shape index (κ3) is 2.10. The lowest BCUT2D eigenvalue weighted by Gasteiger charge is -2.28. The molecule has 1 aromatic rings. The van der Waals surface area contributed by atoms with Crippen molar-refractivity contribution in [3.05, 3.63) is 18.2 Å². The van der Waals surface area contributed by atoms with Gasteiger partial charge in [0.2, 0.25) is 10.0 Å². The summed E-state index contributed by atoms with van der Waals surface area (Å²) in [5, 5.41) is 0. The van der Waals surface area contributed by atoms with Gasteiger partial charge in [0.25, 0.3) is 0 Å². The Kier molecular flexibility index (Phi) is 3.01. The van der Waals surface area contributed by atoms with E-state index in [1.54, 1.807) is 18.2 Å². The van der Waals surface area contributed by atoms with E-state index in [2.05, 4.69) is 0 Å². The summed E-state index contributed by atoms with van der Waals surface area (Å²) in [6, 6.07) is 4.94. The van der Waals surface area contributed by atoms with Crippen molar-refractivity contribution in [2.75, 3.05) is 39.2 Å². The van der Waals surface area contributed by atoms with Crippen LogP contribution in [0.2, 0.25) is 0 Å². The first-order valence-corrected chi connectivity index (χ1v) is 6.77. The molecule has 2 rings (SSSR count). The lowest BCUT2D eigenvalue weighted by Crippen LogP contribution is -2.29. The van der Waals surface area contributed by atoms with E-state index in [0.717, 1.165) is 18.0 Å². The molecule has 0 unspecified atom stereocenters. The Morgan fingerprint density at radius 3 is 2.71 bits per heavy atom. The maximum Gasteiger partial charge on any atom is 0.242 e. The molecule has 5 nitrogen and oxygen atoms in total. The molecule has 94 valence electrons. The van der Waals surface area contributed by atoms with Gasteiger partial charge in [-0.25, -0.2) is 12.7 Å². The van der Waals surface area contributed by atoms with Gasteiger partial charge in [-0.2, -0.15) is 0 Å². The Morgan fingerprint density at radius 2 is 2.06 bits per heavy atom. The van der Waals surface area contributed by atoms with E-state index in [0.29, 0.717) is 11.5 Å². The average Bonchev–Trinajstić information content (AvgIpc) is 2.29. The minimum Gasteiger partial charge on any atom is -0.490 e. The Balaban J connectivity index is 2.50. The van der Waals surface area contributed by atoms with Crippen LogP contribution in [0.1, 0.15) is 0 Å². The predicted molar refractivity (Wildman–Crippen MR) is 66.1 cm³/mol. The lowest BCUT2D eigenvalue weighted by atomic mass is 10.2. The molecule has 1 aliphatic rings. The summed E-state index contributed by atoms with van der Waals surface area (Å²) in [7, 11) is 1.59. The number of likely N-dealkylation sites (N-methyl/N-ethyl adjacent to an activating group) is 1. The molecule has 17 heavy (non-hydrogen) atoms. The molecule has 1 heterocycles. The number of benzene rings is 1. The zero-order valence-electron chi connectivity index (χ0n) is 10.2. The summed E-state index contributed by atoms with van der Waals surface area (Å²) < 4.78 is 30.7. The molecule has 0 spiro atoms. The summed E-state index contributed by atoms with van der Waals surface area (Å²) in [4.78, 5) is 2.28. The molecular weight excluding hydrogens is 240 g/mol. The molecule has 0 aromatic heterocycles. The van der Waals surface area contributed by atoms with Crippen LogP contribution in [0.15, 0.2) is 23.1 Å². The van der Waals surface area contributed by atoms with Crippen LogP contribution < -0.4 is 9.64 Å². The molecule has 0 N–H and O–H groups in total. The zero-order valence-corrected chi connectivity index (χ0v) is 11.0. The fourth-order valence-electron chi connectivity index (χ4n) is 1.70. The third-order valence-electron chi connectivity index (χ3n) is 2.80. The molecule has 0 amide bonds. The number of fused-ring (bicyclic) bond motifs is 1. The first-order chi connectivity index (χ1) is 7.93. The van der Waals surface area contributed by atoms with E-state index in [9.17, 15) is 8.42 Å². The second kappa shape index (κ2) is 4.19. The zero-order chi connectivity index (χ0) is 12.6. The van der Waals surface area contributed by atoms with Gasteiger partial charge >= 0.3 is 0 Å². The number of rotatable bonds is 2. The fourth-order valence-corrected chi connectivity index (χ4v) is 2.62. The molecule has 0 aliphatic carbocycles. The van der Waals surface area contributed by atoms with Gasteiger partial charge in [0.1, 0.15) is 12.4 Å². The minimum absolute atomic E-state index is 0.290. The highest BCUT2D eigenvalue weighted by Gasteiger charge is 2.22. The molecule has 1 aliphatic heterocycles. The van der Waals surface area contributed by atoms with Crippen molar-refractivity contribution in [2.24, 2.45) is 0 Å². The molecule has 0 radical (unpaired) electrons. The van der Waals surface area contributed by atoms with Gasteiger partial charge in [0.05, 0.1) is 17.1 Å². The lowest BCUT2D eigenvalue weighted by molar-refractivity contribution is 0.311. The van der Waals surface area contributed by atoms with Crippen LogP contribution in [0.4, 0.5) is 5.69 Å². The third-order valence-corrected chi connectivity index (χ3v) is 4.62. The first kappa shape index (κ1) is 12.2. The van der Waals surface area contributed by atoms with Crippen LogP contribution in [-0.4, -0.2) is 47.0 Å². The van der Waals surface area contributed by atoms with Crippen molar-refractivity contribution in [1.29, 1.82) is 0 Å². The second-order valence-corrected chi connectivity index (χ2v) is 6.34. The van der Waals surface area contributed by atoms with Crippen LogP contribution in [0, 0.1) is 0 Å². The number of nitrogens with zero attached hydrogens (tertiary/aromatic N) is 2. The normalized spacial score (nSPS) is 15.6. The van der Waals surface area contributed by atoms with E-state index in [4.69, 9.17) is 4.74 Å². The first-order valence-electron chi connectivity index (χ1n) is 5.33. The topological polar surface area (TPSA) is 49.9 Å². The van der Waals surface area contributed by atoms with Gasteiger partial charge in [0.15, 0.2) is 0 Å². The van der Waals surface area contributed by atoms with Gasteiger partial charge in [-0.1, -0.05) is 0 Å². The van der Waals surface area contributed by atoms with E-state index in [1.807, 2.05) is 11.9 Å². The van der Waals surface area contributed by atoms with Crippen molar-refractivity contribution >= 4 is 15.7 Å². The molecule has 1 aromatic carbocycles. The number of hydrogen-bond acceptors (Lipinski definition) is 4. The standard InChI is InChI=1S/C11H16N2O3S/c1-12(2)17(14,15)9-4-5-11-10(8-9)13(3)6-7-16-11/h4-5,8H,6-7H2,1-3H3. The minimum atomic E-state index is -3.38. The number of anilines is 1. The van der Waals surface area contributed by atoms with Crippen LogP contribution in [0.25, 0.3) is 0 Å². The predicted octanol–water partition coefficient (Wildman–Crippen LogP) is 0.765. The Labute approximate surface area is 102 Å². The summed E-state index contributed by atoms with van der Waals surface area (Å²) in [5.74, 6) is 0.733. The Hall–Kier alpha value is -1.27. The molecule has 0 saturated heterocycles. The highest BCUT2D eigenvalue weighted by molar-refractivity contribution is 7.89. The smallest absolute Gasteiger partial charge is 0.242 e. The van der Waals surface area contributed by atoms with Gasteiger partial charge in [-0.05, 0) is 18.2 Å². The summed E-state index contributed by atoms with van der Waals surface area (Å²) >= 11 is 0. The summed E-state index contributed by atoms with van der Waals surface area (Å²) in [5.41, 5.74) is 0.819. The largest absolute Gasteiger partial charge is 0.490 e. The maximum atomic E-state index is 12.0. The van der Waals surface area contributed by atoms with E-state index >= 15 is 0 Å². The van der Waals surface area contributed by atoms with Crippen molar-refractivity contribution in [3.8, 4) is 5.75 Å². The summed E-state index contributed by atoms with van der Waals surface area (Å²) in [6.45, 7) is 1.39. The highest BCUT2D eigenvalue weighted by Crippen LogP contribution is 2.33. The second-order valence-electron chi connectivity index (χ2n) is 4.19. The molecule has 6 heteroatoms. The number of hydrogen-bond donors (Lipinski definition) is 0. The highest BCUT2D eigenvalue weighted by atomic mass is 32.2. The van der Waals surface area contributed by atoms with Crippen molar-refractivity contribution in [2.45, 2.75) is 4.90 Å². The Bertz CT molecular complexity index is 526. The molecule has 0 saturated carbocycles. The molecule has 0 bridgehead atoms. The van der Waals surface area contributed by atoms with Crippen molar-refractivity contribution in [1.82, 2.24) is 4.31 Å². The quantitative estimate of drug-likeness (QED) is 0.784. The van der Waals surface area contributed by atoms with Gasteiger partial charge in [-0.3, -0.25) is 0 Å². The molecule has 0 atom stereocenters. The van der Waals surface area contributed by atoms with E-state index < -0.39 is 10.0 Å². The average molecular weight is 256 g/mol. The van der Waals surface area contributed by atoms with E-state index in [-0.39, 0.29) is 0 Å². The molecular formula is C11H16N2O3S. The Morgan fingerprint density at radius 1 is 1.35 bits per heavy atom. The van der Waals surface area contributed by atoms with Gasteiger partial charge < -0.3 is 9.64 Å². The monoisotopic (exact) mass is 256 g/mol. The SMILES string of the molecule is CN1CCOc2ccc(S(=O)(=O)N(C)C)cc21. The van der Waals surface area contributed by atoms with Crippen LogP contribution in [0.3, 0.4) is 0 Å². The van der Waals surface area contributed by atoms with E-state index in [1.165, 1.54) is 18.4 Å². The van der Waals surface area contributed by atoms with Crippen LogP contribution in [0.5, 0.6) is 5.75 Å².